The van der Waals surface area contributed by atoms with Gasteiger partial charge in [-0.05, 0) is 57.0 Å². The van der Waals surface area contributed by atoms with E-state index in [4.69, 9.17) is 18.3 Å². The van der Waals surface area contributed by atoms with Crippen molar-refractivity contribution in [2.45, 2.75) is 123 Å². The number of aromatic amines is 1. The summed E-state index contributed by atoms with van der Waals surface area (Å²) in [5.41, 5.74) is -2.14. The molecule has 37 heavy (non-hydrogen) atoms. The van der Waals surface area contributed by atoms with Gasteiger partial charge in [-0.3, -0.25) is 14.6 Å². The molecule has 1 aromatic heterocycles. The van der Waals surface area contributed by atoms with Gasteiger partial charge in [0, 0.05) is 12.3 Å². The van der Waals surface area contributed by atoms with Gasteiger partial charge in [0.05, 0.1) is 24.5 Å². The van der Waals surface area contributed by atoms with E-state index in [1.54, 1.807) is 20.8 Å². The predicted octanol–water partition coefficient (Wildman–Crippen LogP) is 4.94. The van der Waals surface area contributed by atoms with E-state index in [1.807, 2.05) is 0 Å². The maximum absolute atomic E-state index is 13.1. The van der Waals surface area contributed by atoms with Crippen LogP contribution in [0.5, 0.6) is 0 Å². The molecule has 2 heterocycles. The number of H-pyrrole nitrogens is 1. The number of hydrogen-bond acceptors (Lipinski definition) is 7. The number of hydrogen-bond donors (Lipinski definition) is 1. The van der Waals surface area contributed by atoms with Gasteiger partial charge in [0.25, 0.3) is 5.56 Å². The number of aromatic nitrogens is 2. The van der Waals surface area contributed by atoms with Gasteiger partial charge in [0.1, 0.15) is 6.10 Å². The van der Waals surface area contributed by atoms with Crippen molar-refractivity contribution in [2.75, 3.05) is 6.61 Å². The van der Waals surface area contributed by atoms with Crippen LogP contribution >= 0.6 is 0 Å². The highest BCUT2D eigenvalue weighted by Crippen LogP contribution is 2.45. The summed E-state index contributed by atoms with van der Waals surface area (Å²) >= 11 is 0. The molecule has 2 rings (SSSR count). The molecule has 0 saturated carbocycles. The zero-order valence-electron chi connectivity index (χ0n) is 25.0. The number of carbonyl (C=O) groups excluding carboxylic acids is 1. The molecular formula is C26H48N2O7Si2. The molecule has 1 aromatic rings. The molecule has 0 aromatic carbocycles. The van der Waals surface area contributed by atoms with Gasteiger partial charge in [-0.2, -0.15) is 0 Å². The maximum Gasteiger partial charge on any atom is 0.333 e. The van der Waals surface area contributed by atoms with Crippen LogP contribution in [0.3, 0.4) is 0 Å². The first-order chi connectivity index (χ1) is 16.4. The van der Waals surface area contributed by atoms with E-state index >= 15 is 0 Å². The second-order valence-corrected chi connectivity index (χ2v) is 23.7. The minimum atomic E-state index is -2.30. The number of nitrogens with zero attached hydrogens (tertiary/aromatic N) is 1. The quantitative estimate of drug-likeness (QED) is 0.374. The maximum atomic E-state index is 13.1. The molecule has 0 spiro atoms. The SMILES string of the molecule is CC(C)(C)C(=O)O[C@]1(n2ccc(=O)[nH]c2=O)C[C@H](O[Si](C)(C)C(C)(C)C)[C@@H](CO[Si](C)(C)C(C)(C)C)O1. The van der Waals surface area contributed by atoms with E-state index in [1.165, 1.54) is 12.3 Å². The van der Waals surface area contributed by atoms with Crippen LogP contribution in [-0.2, 0) is 29.0 Å². The van der Waals surface area contributed by atoms with Gasteiger partial charge < -0.3 is 18.3 Å². The van der Waals surface area contributed by atoms with E-state index in [9.17, 15) is 14.4 Å². The minimum absolute atomic E-state index is 0.0208. The highest BCUT2D eigenvalue weighted by molar-refractivity contribution is 6.74. The van der Waals surface area contributed by atoms with Gasteiger partial charge in [0.15, 0.2) is 16.6 Å². The average Bonchev–Trinajstić information content (AvgIpc) is 3.01. The monoisotopic (exact) mass is 556 g/mol. The molecule has 1 aliphatic rings. The third kappa shape index (κ3) is 7.11. The normalized spacial score (nSPS) is 23.8. The van der Waals surface area contributed by atoms with Crippen LogP contribution in [-0.4, -0.2) is 51.0 Å². The molecule has 0 bridgehead atoms. The lowest BCUT2D eigenvalue weighted by Gasteiger charge is -2.40. The van der Waals surface area contributed by atoms with Crippen molar-refractivity contribution in [3.05, 3.63) is 33.1 Å². The van der Waals surface area contributed by atoms with Crippen LogP contribution in [0.1, 0.15) is 68.7 Å². The Labute approximate surface area is 223 Å². The average molecular weight is 557 g/mol. The van der Waals surface area contributed by atoms with Crippen molar-refractivity contribution in [3.63, 3.8) is 0 Å². The third-order valence-corrected chi connectivity index (χ3v) is 16.9. The highest BCUT2D eigenvalue weighted by atomic mass is 28.4. The Bertz CT molecular complexity index is 1090. The number of rotatable bonds is 7. The molecule has 1 N–H and O–H groups in total. The molecular weight excluding hydrogens is 508 g/mol. The van der Waals surface area contributed by atoms with Crippen LogP contribution in [0.2, 0.25) is 36.3 Å². The lowest BCUT2D eigenvalue weighted by molar-refractivity contribution is -0.278. The van der Waals surface area contributed by atoms with Crippen LogP contribution in [0, 0.1) is 5.41 Å². The van der Waals surface area contributed by atoms with Crippen molar-refractivity contribution >= 4 is 22.6 Å². The van der Waals surface area contributed by atoms with Gasteiger partial charge in [0.2, 0.25) is 0 Å². The number of carbonyl (C=O) groups is 1. The Morgan fingerprint density at radius 1 is 1.03 bits per heavy atom. The van der Waals surface area contributed by atoms with E-state index < -0.39 is 57.4 Å². The smallest absolute Gasteiger partial charge is 0.333 e. The summed E-state index contributed by atoms with van der Waals surface area (Å²) in [4.78, 5) is 40.2. The second-order valence-electron chi connectivity index (χ2n) is 14.2. The van der Waals surface area contributed by atoms with Crippen LogP contribution < -0.4 is 11.2 Å². The largest absolute Gasteiger partial charge is 0.414 e. The Morgan fingerprint density at radius 2 is 1.57 bits per heavy atom. The zero-order chi connectivity index (χ0) is 28.8. The van der Waals surface area contributed by atoms with Crippen molar-refractivity contribution in [3.8, 4) is 0 Å². The van der Waals surface area contributed by atoms with Gasteiger partial charge in [-0.25, -0.2) is 9.36 Å². The molecule has 0 amide bonds. The zero-order valence-corrected chi connectivity index (χ0v) is 27.0. The fourth-order valence-electron chi connectivity index (χ4n) is 3.32. The molecule has 9 nitrogen and oxygen atoms in total. The van der Waals surface area contributed by atoms with Crippen molar-refractivity contribution < 1.29 is 23.1 Å². The number of ether oxygens (including phenoxy) is 2. The van der Waals surface area contributed by atoms with Gasteiger partial charge in [-0.15, -0.1) is 0 Å². The molecule has 0 radical (unpaired) electrons. The fourth-order valence-corrected chi connectivity index (χ4v) is 5.68. The summed E-state index contributed by atoms with van der Waals surface area (Å²) in [5.74, 6) is -2.33. The Hall–Kier alpha value is -1.54. The first-order valence-electron chi connectivity index (χ1n) is 13.0. The van der Waals surface area contributed by atoms with E-state index in [0.717, 1.165) is 4.57 Å². The standard InChI is InChI=1S/C26H48N2O7Si2/c1-23(2,3)21(30)34-26(28-15-14-20(29)27-22(28)31)16-18(35-37(12,13)25(7,8)9)19(33-26)17-32-36(10,11)24(4,5)6/h14-15,18-19H,16-17H2,1-13H3,(H,27,29,31)/t18-,19+,26-/m0/s1. The molecule has 3 atom stereocenters. The number of nitrogens with one attached hydrogen (secondary N) is 1. The summed E-state index contributed by atoms with van der Waals surface area (Å²) < 4.78 is 27.0. The van der Waals surface area contributed by atoms with E-state index in [0.29, 0.717) is 0 Å². The van der Waals surface area contributed by atoms with E-state index in [-0.39, 0.29) is 23.1 Å². The predicted molar refractivity (Wildman–Crippen MR) is 150 cm³/mol. The highest BCUT2D eigenvalue weighted by Gasteiger charge is 2.56. The van der Waals surface area contributed by atoms with Crippen molar-refractivity contribution in [1.29, 1.82) is 0 Å². The van der Waals surface area contributed by atoms with Crippen molar-refractivity contribution in [1.82, 2.24) is 9.55 Å². The molecule has 212 valence electrons. The second kappa shape index (κ2) is 10.2. The lowest BCUT2D eigenvalue weighted by atomic mass is 9.97. The summed E-state index contributed by atoms with van der Waals surface area (Å²) in [7, 11) is -4.45. The summed E-state index contributed by atoms with van der Waals surface area (Å²) in [6.07, 6.45) is 0.281. The molecule has 0 aliphatic carbocycles. The molecule has 0 unspecified atom stereocenters. The summed E-state index contributed by atoms with van der Waals surface area (Å²) in [6.45, 7) is 27.0. The molecule has 1 saturated heterocycles. The van der Waals surface area contributed by atoms with Crippen LogP contribution in [0.4, 0.5) is 0 Å². The van der Waals surface area contributed by atoms with Gasteiger partial charge >= 0.3 is 17.6 Å². The van der Waals surface area contributed by atoms with E-state index in [2.05, 4.69) is 72.7 Å². The molecule has 1 fully saturated rings. The first kappa shape index (κ1) is 31.7. The third-order valence-electron chi connectivity index (χ3n) is 7.93. The lowest BCUT2D eigenvalue weighted by Crippen LogP contribution is -2.49. The van der Waals surface area contributed by atoms with Crippen LogP contribution in [0.25, 0.3) is 0 Å². The Balaban J connectivity index is 2.61. The number of esters is 1. The summed E-state index contributed by atoms with van der Waals surface area (Å²) in [5, 5.41) is -0.104. The van der Waals surface area contributed by atoms with Gasteiger partial charge in [-0.1, -0.05) is 41.5 Å². The molecule has 11 heteroatoms. The Kier molecular flexibility index (Phi) is 8.75. The fraction of sp³-hybridized carbons (Fsp3) is 0.808. The van der Waals surface area contributed by atoms with Crippen LogP contribution in [0.15, 0.2) is 21.9 Å². The molecule has 1 aliphatic heterocycles. The summed E-state index contributed by atoms with van der Waals surface area (Å²) in [6, 6.07) is 1.21. The first-order valence-corrected chi connectivity index (χ1v) is 18.8. The minimum Gasteiger partial charge on any atom is -0.414 e. The Morgan fingerprint density at radius 3 is 2.03 bits per heavy atom. The van der Waals surface area contributed by atoms with Crippen molar-refractivity contribution in [2.24, 2.45) is 5.41 Å². The topological polar surface area (TPSA) is 109 Å².